The normalized spacial score (nSPS) is 11.8. The van der Waals surface area contributed by atoms with Gasteiger partial charge in [-0.3, -0.25) is 4.79 Å². The van der Waals surface area contributed by atoms with E-state index in [1.165, 1.54) is 6.07 Å². The van der Waals surface area contributed by atoms with Gasteiger partial charge in [0.05, 0.1) is 0 Å². The SMILES string of the molecule is CCC(CNC(=O)Nc1ccc(F)c(F)c1)CC(=O)O. The highest BCUT2D eigenvalue weighted by atomic mass is 19.2. The Balaban J connectivity index is 2.46. The van der Waals surface area contributed by atoms with E-state index in [1.54, 1.807) is 0 Å². The van der Waals surface area contributed by atoms with Crippen molar-refractivity contribution in [2.45, 2.75) is 19.8 Å². The second-order valence-corrected chi connectivity index (χ2v) is 4.34. The van der Waals surface area contributed by atoms with Crippen LogP contribution in [0, 0.1) is 17.6 Å². The van der Waals surface area contributed by atoms with Gasteiger partial charge in [0.1, 0.15) is 0 Å². The number of benzene rings is 1. The lowest BCUT2D eigenvalue weighted by molar-refractivity contribution is -0.138. The molecule has 1 atom stereocenters. The molecule has 0 heterocycles. The van der Waals surface area contributed by atoms with Crippen LogP contribution in [0.1, 0.15) is 19.8 Å². The average Bonchev–Trinajstić information content (AvgIpc) is 2.38. The van der Waals surface area contributed by atoms with Crippen LogP contribution >= 0.6 is 0 Å². The molecule has 0 radical (unpaired) electrons. The van der Waals surface area contributed by atoms with Gasteiger partial charge in [0.2, 0.25) is 0 Å². The van der Waals surface area contributed by atoms with Gasteiger partial charge in [0, 0.05) is 24.7 Å². The van der Waals surface area contributed by atoms with Gasteiger partial charge in [-0.2, -0.15) is 0 Å². The van der Waals surface area contributed by atoms with E-state index in [1.807, 2.05) is 6.92 Å². The molecule has 0 saturated heterocycles. The van der Waals surface area contributed by atoms with Gasteiger partial charge in [-0.1, -0.05) is 13.3 Å². The Hall–Kier alpha value is -2.18. The van der Waals surface area contributed by atoms with E-state index in [9.17, 15) is 18.4 Å². The van der Waals surface area contributed by atoms with Gasteiger partial charge in [0.25, 0.3) is 0 Å². The zero-order valence-electron chi connectivity index (χ0n) is 11.0. The first-order chi connectivity index (χ1) is 9.42. The van der Waals surface area contributed by atoms with Crippen LogP contribution in [0.4, 0.5) is 19.3 Å². The number of carboxylic acids is 1. The van der Waals surface area contributed by atoms with Gasteiger partial charge in [0.15, 0.2) is 11.6 Å². The minimum atomic E-state index is -1.06. The Morgan fingerprint density at radius 1 is 1.30 bits per heavy atom. The van der Waals surface area contributed by atoms with Crippen LogP contribution in [0.3, 0.4) is 0 Å². The quantitative estimate of drug-likeness (QED) is 0.752. The summed E-state index contributed by atoms with van der Waals surface area (Å²) in [6, 6.07) is 2.40. The van der Waals surface area contributed by atoms with Crippen molar-refractivity contribution >= 4 is 17.7 Å². The summed E-state index contributed by atoms with van der Waals surface area (Å²) in [7, 11) is 0. The number of hydrogen-bond acceptors (Lipinski definition) is 2. The van der Waals surface area contributed by atoms with Crippen LogP contribution in [0.15, 0.2) is 18.2 Å². The molecule has 7 heteroatoms. The number of rotatable bonds is 6. The molecule has 0 fully saturated rings. The van der Waals surface area contributed by atoms with Crippen LogP contribution in [-0.2, 0) is 4.79 Å². The molecular formula is C13H16F2N2O3. The molecule has 0 saturated carbocycles. The van der Waals surface area contributed by atoms with Crippen LogP contribution in [0.25, 0.3) is 0 Å². The molecule has 110 valence electrons. The molecule has 1 unspecified atom stereocenters. The van der Waals surface area contributed by atoms with Gasteiger partial charge < -0.3 is 15.7 Å². The monoisotopic (exact) mass is 286 g/mol. The van der Waals surface area contributed by atoms with E-state index in [2.05, 4.69) is 10.6 Å². The van der Waals surface area contributed by atoms with E-state index in [0.717, 1.165) is 12.1 Å². The van der Waals surface area contributed by atoms with Crippen LogP contribution in [0.2, 0.25) is 0 Å². The molecule has 3 N–H and O–H groups in total. The first-order valence-corrected chi connectivity index (χ1v) is 6.14. The maximum absolute atomic E-state index is 12.9. The predicted octanol–water partition coefficient (Wildman–Crippen LogP) is 2.59. The second kappa shape index (κ2) is 7.42. The Labute approximate surface area is 115 Å². The number of anilines is 1. The van der Waals surface area contributed by atoms with E-state index < -0.39 is 23.6 Å². The average molecular weight is 286 g/mol. The third-order valence-electron chi connectivity index (χ3n) is 2.77. The van der Waals surface area contributed by atoms with Crippen molar-refractivity contribution in [3.63, 3.8) is 0 Å². The molecule has 20 heavy (non-hydrogen) atoms. The molecule has 1 aromatic carbocycles. The minimum absolute atomic E-state index is 0.0397. The number of carbonyl (C=O) groups is 2. The number of urea groups is 1. The maximum Gasteiger partial charge on any atom is 0.319 e. The van der Waals surface area contributed by atoms with E-state index in [4.69, 9.17) is 5.11 Å². The number of hydrogen-bond donors (Lipinski definition) is 3. The summed E-state index contributed by atoms with van der Waals surface area (Å²) in [5.74, 6) is -3.16. The second-order valence-electron chi connectivity index (χ2n) is 4.34. The van der Waals surface area contributed by atoms with E-state index >= 15 is 0 Å². The Bertz CT molecular complexity index is 495. The molecule has 0 aliphatic heterocycles. The van der Waals surface area contributed by atoms with Crippen molar-refractivity contribution < 1.29 is 23.5 Å². The molecule has 1 rings (SSSR count). The zero-order chi connectivity index (χ0) is 15.1. The number of amides is 2. The summed E-state index contributed by atoms with van der Waals surface area (Å²) in [4.78, 5) is 22.1. The van der Waals surface area contributed by atoms with Crippen molar-refractivity contribution in [1.29, 1.82) is 0 Å². The van der Waals surface area contributed by atoms with E-state index in [0.29, 0.717) is 6.42 Å². The molecule has 1 aromatic rings. The van der Waals surface area contributed by atoms with Crippen molar-refractivity contribution in [2.75, 3.05) is 11.9 Å². The summed E-state index contributed by atoms with van der Waals surface area (Å²) in [5.41, 5.74) is 0.118. The third kappa shape index (κ3) is 5.21. The van der Waals surface area contributed by atoms with Crippen molar-refractivity contribution in [3.05, 3.63) is 29.8 Å². The standard InChI is InChI=1S/C13H16F2N2O3/c1-2-8(5-12(18)19)7-16-13(20)17-9-3-4-10(14)11(15)6-9/h3-4,6,8H,2,5,7H2,1H3,(H,18,19)(H2,16,17,20). The van der Waals surface area contributed by atoms with Gasteiger partial charge in [-0.05, 0) is 18.1 Å². The lowest BCUT2D eigenvalue weighted by atomic mass is 10.0. The highest BCUT2D eigenvalue weighted by molar-refractivity contribution is 5.89. The Morgan fingerprint density at radius 3 is 2.55 bits per heavy atom. The topological polar surface area (TPSA) is 78.4 Å². The van der Waals surface area contributed by atoms with Crippen LogP contribution < -0.4 is 10.6 Å². The largest absolute Gasteiger partial charge is 0.481 e. The van der Waals surface area contributed by atoms with Gasteiger partial charge >= 0.3 is 12.0 Å². The predicted molar refractivity (Wildman–Crippen MR) is 69.4 cm³/mol. The van der Waals surface area contributed by atoms with Crippen LogP contribution in [-0.4, -0.2) is 23.7 Å². The molecule has 5 nitrogen and oxygen atoms in total. The summed E-state index contributed by atoms with van der Waals surface area (Å²) in [5, 5.41) is 13.5. The summed E-state index contributed by atoms with van der Waals surface area (Å²) < 4.78 is 25.6. The number of carbonyl (C=O) groups excluding carboxylic acids is 1. The maximum atomic E-state index is 12.9. The summed E-state index contributed by atoms with van der Waals surface area (Å²) >= 11 is 0. The smallest absolute Gasteiger partial charge is 0.319 e. The third-order valence-corrected chi connectivity index (χ3v) is 2.77. The number of aliphatic carboxylic acids is 1. The Morgan fingerprint density at radius 2 is 2.00 bits per heavy atom. The van der Waals surface area contributed by atoms with Crippen LogP contribution in [0.5, 0.6) is 0 Å². The lowest BCUT2D eigenvalue weighted by Gasteiger charge is -2.14. The molecule has 2 amide bonds. The van der Waals surface area contributed by atoms with Crippen molar-refractivity contribution in [1.82, 2.24) is 5.32 Å². The first-order valence-electron chi connectivity index (χ1n) is 6.14. The highest BCUT2D eigenvalue weighted by Gasteiger charge is 2.12. The number of nitrogens with one attached hydrogen (secondary N) is 2. The molecular weight excluding hydrogens is 270 g/mol. The molecule has 0 spiro atoms. The first kappa shape index (κ1) is 15.9. The summed E-state index contributed by atoms with van der Waals surface area (Å²) in [6.07, 6.45) is 0.569. The van der Waals surface area contributed by atoms with Crippen molar-refractivity contribution in [2.24, 2.45) is 5.92 Å². The lowest BCUT2D eigenvalue weighted by Crippen LogP contribution is -2.33. The minimum Gasteiger partial charge on any atom is -0.481 e. The molecule has 0 aliphatic rings. The van der Waals surface area contributed by atoms with Crippen molar-refractivity contribution in [3.8, 4) is 0 Å². The fraction of sp³-hybridized carbons (Fsp3) is 0.385. The number of carboxylic acid groups (broad SMARTS) is 1. The highest BCUT2D eigenvalue weighted by Crippen LogP contribution is 2.13. The number of halogens is 2. The Kier molecular flexibility index (Phi) is 5.89. The van der Waals surface area contributed by atoms with E-state index in [-0.39, 0.29) is 24.6 Å². The molecule has 0 aromatic heterocycles. The van der Waals surface area contributed by atoms with Gasteiger partial charge in [-0.25, -0.2) is 13.6 Å². The molecule has 0 aliphatic carbocycles. The fourth-order valence-corrected chi connectivity index (χ4v) is 1.59. The zero-order valence-corrected chi connectivity index (χ0v) is 11.0. The fourth-order valence-electron chi connectivity index (χ4n) is 1.59. The summed E-state index contributed by atoms with van der Waals surface area (Å²) in [6.45, 7) is 2.01. The molecule has 0 bridgehead atoms. The van der Waals surface area contributed by atoms with Gasteiger partial charge in [-0.15, -0.1) is 0 Å².